The Labute approximate surface area is 293 Å². The van der Waals surface area contributed by atoms with Gasteiger partial charge in [0.25, 0.3) is 0 Å². The number of halogens is 4. The molecule has 3 unspecified atom stereocenters. The lowest BCUT2D eigenvalue weighted by molar-refractivity contribution is -0.100. The molecule has 0 radical (unpaired) electrons. The normalized spacial score (nSPS) is 20.2. The number of hydrogen-bond donors (Lipinski definition) is 2. The van der Waals surface area contributed by atoms with Crippen LogP contribution in [0.5, 0.6) is 0 Å². The van der Waals surface area contributed by atoms with E-state index in [0.29, 0.717) is 25.8 Å². The molecule has 0 aliphatic heterocycles. The van der Waals surface area contributed by atoms with Gasteiger partial charge in [0.15, 0.2) is 0 Å². The second-order valence-electron chi connectivity index (χ2n) is 13.2. The second kappa shape index (κ2) is 16.0. The van der Waals surface area contributed by atoms with Gasteiger partial charge in [0.2, 0.25) is 0 Å². The fraction of sp³-hybridized carbons (Fsp3) is 0.647. The van der Waals surface area contributed by atoms with Crippen molar-refractivity contribution in [1.82, 2.24) is 9.80 Å². The average molecular weight is 723 g/mol. The molecule has 44 heavy (non-hydrogen) atoms. The Balaban J connectivity index is 1.79. The Morgan fingerprint density at radius 2 is 1.30 bits per heavy atom. The van der Waals surface area contributed by atoms with Crippen LogP contribution in [0.1, 0.15) is 62.5 Å². The third-order valence-corrected chi connectivity index (χ3v) is 14.1. The van der Waals surface area contributed by atoms with Crippen molar-refractivity contribution >= 4 is 69.9 Å². The summed E-state index contributed by atoms with van der Waals surface area (Å²) in [4.78, 5) is 4.38. The molecule has 4 rings (SSSR count). The Hall–Kier alpha value is 0.140. The summed E-state index contributed by atoms with van der Waals surface area (Å²) in [7, 11) is 8.34. The van der Waals surface area contributed by atoms with E-state index in [4.69, 9.17) is 46.4 Å². The smallest absolute Gasteiger partial charge is 0.0976 e. The van der Waals surface area contributed by atoms with Gasteiger partial charge in [-0.1, -0.05) is 71.4 Å². The van der Waals surface area contributed by atoms with E-state index in [9.17, 15) is 10.2 Å². The molecule has 0 saturated heterocycles. The molecule has 246 valence electrons. The third kappa shape index (κ3) is 7.88. The molecule has 0 spiro atoms. The van der Waals surface area contributed by atoms with E-state index in [1.54, 1.807) is 23.5 Å². The zero-order valence-corrected chi connectivity index (χ0v) is 31.1. The summed E-state index contributed by atoms with van der Waals surface area (Å²) < 4.78 is 0. The summed E-state index contributed by atoms with van der Waals surface area (Å²) in [5.41, 5.74) is -0.231. The number of aliphatic hydroxyl groups excluding tert-OH is 1. The Morgan fingerprint density at radius 3 is 1.77 bits per heavy atom. The van der Waals surface area contributed by atoms with Crippen LogP contribution in [0.25, 0.3) is 0 Å². The highest BCUT2D eigenvalue weighted by atomic mass is 35.5. The SMILES string of the molecule is CN(C)CCCSCC(O)(C(SCCCN(C)C)C(O)C1(c2ccc(Cl)c(Cl)c2)CCC1)C1(c2ccc(Cl)c(Cl)c2)CCC1. The molecule has 0 amide bonds. The van der Waals surface area contributed by atoms with Crippen molar-refractivity contribution in [3.63, 3.8) is 0 Å². The molecule has 2 N–H and O–H groups in total. The number of nitrogens with zero attached hydrogens (tertiary/aromatic N) is 2. The first kappa shape index (κ1) is 37.0. The maximum Gasteiger partial charge on any atom is 0.0976 e. The largest absolute Gasteiger partial charge is 0.391 e. The average Bonchev–Trinajstić information content (AvgIpc) is 2.90. The van der Waals surface area contributed by atoms with E-state index in [2.05, 4.69) is 38.0 Å². The van der Waals surface area contributed by atoms with Crippen LogP contribution >= 0.6 is 69.9 Å². The predicted molar refractivity (Wildman–Crippen MR) is 195 cm³/mol. The topological polar surface area (TPSA) is 46.9 Å². The fourth-order valence-electron chi connectivity index (χ4n) is 6.99. The van der Waals surface area contributed by atoms with E-state index in [0.717, 1.165) is 87.1 Å². The summed E-state index contributed by atoms with van der Waals surface area (Å²) in [6, 6.07) is 11.6. The summed E-state index contributed by atoms with van der Waals surface area (Å²) >= 11 is 29.4. The van der Waals surface area contributed by atoms with Crippen LogP contribution in [0.4, 0.5) is 0 Å². The standard InChI is InChI=1S/C34H48Cl4N2O2S2/c1-39(2)17-7-19-43-23-34(42,33(15-6-16-33)25-10-12-27(36)29(38)22-25)31(44-20-8-18-40(3)4)30(41)32(13-5-14-32)24-9-11-26(35)28(37)21-24/h9-12,21-22,30-31,41-42H,5-8,13-20,23H2,1-4H3. The maximum atomic E-state index is 13.4. The quantitative estimate of drug-likeness (QED) is 0.160. The number of rotatable bonds is 17. The van der Waals surface area contributed by atoms with Gasteiger partial charge in [-0.2, -0.15) is 23.5 Å². The predicted octanol–water partition coefficient (Wildman–Crippen LogP) is 8.67. The van der Waals surface area contributed by atoms with Crippen molar-refractivity contribution in [2.24, 2.45) is 0 Å². The molecular weight excluding hydrogens is 674 g/mol. The molecule has 2 aromatic carbocycles. The summed E-state index contributed by atoms with van der Waals surface area (Å²) in [6.45, 7) is 1.94. The lowest BCUT2D eigenvalue weighted by Gasteiger charge is -2.60. The highest BCUT2D eigenvalue weighted by molar-refractivity contribution is 8.00. The van der Waals surface area contributed by atoms with Gasteiger partial charge in [0.05, 0.1) is 37.0 Å². The van der Waals surface area contributed by atoms with Crippen molar-refractivity contribution in [2.45, 2.75) is 79.2 Å². The van der Waals surface area contributed by atoms with E-state index in [-0.39, 0.29) is 0 Å². The monoisotopic (exact) mass is 720 g/mol. The lowest BCUT2D eigenvalue weighted by atomic mass is 9.52. The minimum absolute atomic E-state index is 0.435. The van der Waals surface area contributed by atoms with Gasteiger partial charge in [-0.05, 0) is 127 Å². The molecule has 2 aliphatic carbocycles. The zero-order valence-electron chi connectivity index (χ0n) is 26.4. The summed E-state index contributed by atoms with van der Waals surface area (Å²) in [6.07, 6.45) is 6.59. The van der Waals surface area contributed by atoms with Crippen LogP contribution in [0.3, 0.4) is 0 Å². The zero-order chi connectivity index (χ0) is 32.1. The van der Waals surface area contributed by atoms with Crippen molar-refractivity contribution in [3.05, 3.63) is 67.6 Å². The molecule has 0 heterocycles. The lowest BCUT2D eigenvalue weighted by Crippen LogP contribution is -2.68. The van der Waals surface area contributed by atoms with Crippen LogP contribution < -0.4 is 0 Å². The third-order valence-electron chi connectivity index (χ3n) is 9.84. The summed E-state index contributed by atoms with van der Waals surface area (Å²) in [5, 5.41) is 27.7. The van der Waals surface area contributed by atoms with Crippen LogP contribution in [-0.2, 0) is 10.8 Å². The van der Waals surface area contributed by atoms with Gasteiger partial charge in [0, 0.05) is 16.6 Å². The molecule has 0 bridgehead atoms. The van der Waals surface area contributed by atoms with Gasteiger partial charge >= 0.3 is 0 Å². The van der Waals surface area contributed by atoms with E-state index in [1.165, 1.54) is 0 Å². The Bertz CT molecular complexity index is 1240. The van der Waals surface area contributed by atoms with Gasteiger partial charge in [0.1, 0.15) is 0 Å². The first-order valence-electron chi connectivity index (χ1n) is 15.7. The van der Waals surface area contributed by atoms with Crippen LogP contribution in [0.15, 0.2) is 36.4 Å². The molecule has 3 atom stereocenters. The minimum atomic E-state index is -1.20. The first-order valence-corrected chi connectivity index (χ1v) is 19.4. The molecular formula is C34H48Cl4N2O2S2. The number of benzene rings is 2. The van der Waals surface area contributed by atoms with Crippen LogP contribution in [0.2, 0.25) is 20.1 Å². The first-order chi connectivity index (χ1) is 20.9. The Morgan fingerprint density at radius 1 is 0.773 bits per heavy atom. The van der Waals surface area contributed by atoms with Crippen molar-refractivity contribution in [2.75, 3.05) is 58.5 Å². The van der Waals surface area contributed by atoms with Crippen molar-refractivity contribution in [1.29, 1.82) is 0 Å². The number of hydrogen-bond acceptors (Lipinski definition) is 6. The van der Waals surface area contributed by atoms with Gasteiger partial charge in [-0.15, -0.1) is 0 Å². The molecule has 2 fully saturated rings. The molecule has 4 nitrogen and oxygen atoms in total. The second-order valence-corrected chi connectivity index (χ2v) is 17.2. The van der Waals surface area contributed by atoms with Gasteiger partial charge < -0.3 is 20.0 Å². The van der Waals surface area contributed by atoms with Gasteiger partial charge in [-0.25, -0.2) is 0 Å². The molecule has 2 saturated carbocycles. The fourth-order valence-corrected chi connectivity index (χ4v) is 10.5. The summed E-state index contributed by atoms with van der Waals surface area (Å²) in [5.74, 6) is 2.30. The van der Waals surface area contributed by atoms with Crippen molar-refractivity contribution in [3.8, 4) is 0 Å². The van der Waals surface area contributed by atoms with Gasteiger partial charge in [-0.3, -0.25) is 0 Å². The van der Waals surface area contributed by atoms with E-state index < -0.39 is 27.8 Å². The maximum absolute atomic E-state index is 13.4. The van der Waals surface area contributed by atoms with E-state index in [1.807, 2.05) is 36.4 Å². The molecule has 10 heteroatoms. The molecule has 0 aromatic heterocycles. The highest BCUT2D eigenvalue weighted by Crippen LogP contribution is 2.59. The van der Waals surface area contributed by atoms with Crippen LogP contribution in [0, 0.1) is 0 Å². The molecule has 2 aliphatic rings. The minimum Gasteiger partial charge on any atom is -0.391 e. The van der Waals surface area contributed by atoms with E-state index >= 15 is 0 Å². The Kier molecular flexibility index (Phi) is 13.5. The van der Waals surface area contributed by atoms with Crippen LogP contribution in [-0.4, -0.2) is 95.5 Å². The number of thioether (sulfide) groups is 2. The highest BCUT2D eigenvalue weighted by Gasteiger charge is 2.63. The number of aliphatic hydroxyl groups is 2. The molecule has 2 aromatic rings. The van der Waals surface area contributed by atoms with Crippen molar-refractivity contribution < 1.29 is 10.2 Å².